The first-order chi connectivity index (χ1) is 9.67. The van der Waals surface area contributed by atoms with E-state index in [0.717, 1.165) is 32.2 Å². The van der Waals surface area contributed by atoms with Crippen LogP contribution in [0.4, 0.5) is 8.78 Å². The molecule has 1 rings (SSSR count). The number of hydrogen-bond donors (Lipinski definition) is 1. The van der Waals surface area contributed by atoms with Gasteiger partial charge in [-0.2, -0.15) is 0 Å². The number of nitrogens with two attached hydrogens (primary N) is 1. The molecule has 20 heavy (non-hydrogen) atoms. The summed E-state index contributed by atoms with van der Waals surface area (Å²) >= 11 is 0. The standard InChI is InChI=1S/C16H25F2NO/c17-16(18,15-9-4-3-5-10-15)11-8-14-20-13-7-2-1-6-12-19/h3-5,9-10H,1-2,6-8,11-14,19H2. The van der Waals surface area contributed by atoms with Crippen molar-refractivity contribution in [1.82, 2.24) is 0 Å². The molecule has 0 saturated carbocycles. The molecule has 0 radical (unpaired) electrons. The van der Waals surface area contributed by atoms with Crippen LogP contribution in [0.15, 0.2) is 30.3 Å². The third kappa shape index (κ3) is 6.96. The van der Waals surface area contributed by atoms with Crippen molar-refractivity contribution in [3.63, 3.8) is 0 Å². The van der Waals surface area contributed by atoms with Crippen LogP contribution in [0.5, 0.6) is 0 Å². The van der Waals surface area contributed by atoms with Gasteiger partial charge in [0.1, 0.15) is 0 Å². The summed E-state index contributed by atoms with van der Waals surface area (Å²) < 4.78 is 33.0. The molecule has 0 spiro atoms. The van der Waals surface area contributed by atoms with Crippen LogP contribution in [0.2, 0.25) is 0 Å². The van der Waals surface area contributed by atoms with Gasteiger partial charge < -0.3 is 10.5 Å². The Hall–Kier alpha value is -1.00. The van der Waals surface area contributed by atoms with Gasteiger partial charge in [-0.3, -0.25) is 0 Å². The van der Waals surface area contributed by atoms with Crippen molar-refractivity contribution in [2.24, 2.45) is 5.73 Å². The normalized spacial score (nSPS) is 11.8. The Balaban J connectivity index is 2.06. The van der Waals surface area contributed by atoms with E-state index >= 15 is 0 Å². The molecule has 0 amide bonds. The zero-order valence-electron chi connectivity index (χ0n) is 12.0. The monoisotopic (exact) mass is 285 g/mol. The van der Waals surface area contributed by atoms with Crippen molar-refractivity contribution < 1.29 is 13.5 Å². The van der Waals surface area contributed by atoms with E-state index in [2.05, 4.69) is 0 Å². The SMILES string of the molecule is NCCCCCCOCCCC(F)(F)c1ccccc1. The van der Waals surface area contributed by atoms with Crippen molar-refractivity contribution in [2.75, 3.05) is 19.8 Å². The van der Waals surface area contributed by atoms with E-state index in [4.69, 9.17) is 10.5 Å². The molecular weight excluding hydrogens is 260 g/mol. The van der Waals surface area contributed by atoms with Crippen LogP contribution in [0.25, 0.3) is 0 Å². The second-order valence-electron chi connectivity index (χ2n) is 4.99. The molecule has 0 unspecified atom stereocenters. The number of benzene rings is 1. The Morgan fingerprint density at radius 3 is 2.25 bits per heavy atom. The number of alkyl halides is 2. The predicted molar refractivity (Wildman–Crippen MR) is 77.9 cm³/mol. The third-order valence-electron chi connectivity index (χ3n) is 3.22. The van der Waals surface area contributed by atoms with Crippen LogP contribution in [0.1, 0.15) is 44.1 Å². The quantitative estimate of drug-likeness (QED) is 0.621. The Bertz CT molecular complexity index is 344. The highest BCUT2D eigenvalue weighted by Crippen LogP contribution is 2.32. The third-order valence-corrected chi connectivity index (χ3v) is 3.22. The van der Waals surface area contributed by atoms with Gasteiger partial charge in [-0.05, 0) is 25.8 Å². The molecule has 0 aromatic heterocycles. The van der Waals surface area contributed by atoms with Gasteiger partial charge in [0.15, 0.2) is 0 Å². The molecule has 1 aromatic rings. The second kappa shape index (κ2) is 9.83. The number of ether oxygens (including phenoxy) is 1. The van der Waals surface area contributed by atoms with Gasteiger partial charge in [-0.15, -0.1) is 0 Å². The van der Waals surface area contributed by atoms with Crippen molar-refractivity contribution in [3.05, 3.63) is 35.9 Å². The smallest absolute Gasteiger partial charge is 0.273 e. The van der Waals surface area contributed by atoms with Gasteiger partial charge in [0.25, 0.3) is 5.92 Å². The van der Waals surface area contributed by atoms with Crippen LogP contribution >= 0.6 is 0 Å². The van der Waals surface area contributed by atoms with Crippen molar-refractivity contribution in [3.8, 4) is 0 Å². The lowest BCUT2D eigenvalue weighted by Crippen LogP contribution is -2.14. The average molecular weight is 285 g/mol. The minimum atomic E-state index is -2.76. The molecule has 0 aliphatic rings. The van der Waals surface area contributed by atoms with Crippen LogP contribution in [-0.2, 0) is 10.7 Å². The fraction of sp³-hybridized carbons (Fsp3) is 0.625. The second-order valence-corrected chi connectivity index (χ2v) is 4.99. The summed E-state index contributed by atoms with van der Waals surface area (Å²) in [6, 6.07) is 7.96. The zero-order valence-corrected chi connectivity index (χ0v) is 12.0. The number of unbranched alkanes of at least 4 members (excludes halogenated alkanes) is 3. The summed E-state index contributed by atoms with van der Waals surface area (Å²) in [5, 5.41) is 0. The highest BCUT2D eigenvalue weighted by atomic mass is 19.3. The molecular formula is C16H25F2NO. The minimum Gasteiger partial charge on any atom is -0.381 e. The Labute approximate surface area is 120 Å². The molecule has 0 fully saturated rings. The Morgan fingerprint density at radius 2 is 1.55 bits per heavy atom. The lowest BCUT2D eigenvalue weighted by atomic mass is 10.0. The Morgan fingerprint density at radius 1 is 0.900 bits per heavy atom. The van der Waals surface area contributed by atoms with E-state index in [1.807, 2.05) is 0 Å². The summed E-state index contributed by atoms with van der Waals surface area (Å²) in [5.74, 6) is -2.76. The molecule has 2 N–H and O–H groups in total. The first-order valence-corrected chi connectivity index (χ1v) is 7.38. The zero-order chi connectivity index (χ0) is 14.7. The topological polar surface area (TPSA) is 35.2 Å². The van der Waals surface area contributed by atoms with Crippen molar-refractivity contribution in [1.29, 1.82) is 0 Å². The average Bonchev–Trinajstić information content (AvgIpc) is 2.46. The molecule has 0 aliphatic carbocycles. The van der Waals surface area contributed by atoms with Crippen molar-refractivity contribution in [2.45, 2.75) is 44.4 Å². The molecule has 0 aliphatic heterocycles. The van der Waals surface area contributed by atoms with Crippen LogP contribution in [-0.4, -0.2) is 19.8 Å². The van der Waals surface area contributed by atoms with E-state index in [1.54, 1.807) is 18.2 Å². The maximum Gasteiger partial charge on any atom is 0.273 e. The van der Waals surface area contributed by atoms with Gasteiger partial charge in [0.05, 0.1) is 0 Å². The molecule has 114 valence electrons. The van der Waals surface area contributed by atoms with E-state index < -0.39 is 5.92 Å². The molecule has 0 atom stereocenters. The van der Waals surface area contributed by atoms with E-state index in [0.29, 0.717) is 19.6 Å². The summed E-state index contributed by atoms with van der Waals surface area (Å²) in [7, 11) is 0. The molecule has 2 nitrogen and oxygen atoms in total. The Kier molecular flexibility index (Phi) is 8.38. The van der Waals surface area contributed by atoms with Gasteiger partial charge in [-0.25, -0.2) is 8.78 Å². The highest BCUT2D eigenvalue weighted by Gasteiger charge is 2.30. The maximum absolute atomic E-state index is 13.8. The van der Waals surface area contributed by atoms with E-state index in [1.165, 1.54) is 12.1 Å². The minimum absolute atomic E-state index is 0.0850. The van der Waals surface area contributed by atoms with Crippen LogP contribution in [0.3, 0.4) is 0 Å². The fourth-order valence-electron chi connectivity index (χ4n) is 2.03. The molecule has 1 aromatic carbocycles. The summed E-state index contributed by atoms with van der Waals surface area (Å²) in [6.07, 6.45) is 4.45. The first-order valence-electron chi connectivity index (χ1n) is 7.38. The number of hydrogen-bond acceptors (Lipinski definition) is 2. The summed E-state index contributed by atoms with van der Waals surface area (Å²) in [4.78, 5) is 0. The van der Waals surface area contributed by atoms with Gasteiger partial charge in [-0.1, -0.05) is 43.2 Å². The summed E-state index contributed by atoms with van der Waals surface area (Å²) in [6.45, 7) is 1.79. The number of halogens is 2. The van der Waals surface area contributed by atoms with Gasteiger partial charge in [0.2, 0.25) is 0 Å². The van der Waals surface area contributed by atoms with Gasteiger partial charge >= 0.3 is 0 Å². The summed E-state index contributed by atoms with van der Waals surface area (Å²) in [5.41, 5.74) is 5.48. The lowest BCUT2D eigenvalue weighted by molar-refractivity contribution is -0.0226. The maximum atomic E-state index is 13.8. The molecule has 0 bridgehead atoms. The fourth-order valence-corrected chi connectivity index (χ4v) is 2.03. The predicted octanol–water partition coefficient (Wildman–Crippen LogP) is 4.09. The highest BCUT2D eigenvalue weighted by molar-refractivity contribution is 5.19. The van der Waals surface area contributed by atoms with Crippen LogP contribution < -0.4 is 5.73 Å². The van der Waals surface area contributed by atoms with E-state index in [9.17, 15) is 8.78 Å². The number of rotatable bonds is 11. The van der Waals surface area contributed by atoms with Crippen LogP contribution in [0, 0.1) is 0 Å². The van der Waals surface area contributed by atoms with Crippen molar-refractivity contribution >= 4 is 0 Å². The lowest BCUT2D eigenvalue weighted by Gasteiger charge is -2.16. The molecule has 0 saturated heterocycles. The molecule has 0 heterocycles. The van der Waals surface area contributed by atoms with E-state index in [-0.39, 0.29) is 12.0 Å². The molecule has 4 heteroatoms. The van der Waals surface area contributed by atoms with Gasteiger partial charge in [0, 0.05) is 25.2 Å². The first kappa shape index (κ1) is 17.1. The largest absolute Gasteiger partial charge is 0.381 e.